The third kappa shape index (κ3) is 4.47. The minimum Gasteiger partial charge on any atom is -0.487 e. The number of nitrogens with two attached hydrogens (primary N) is 1. The molecule has 3 heterocycles. The van der Waals surface area contributed by atoms with Crippen molar-refractivity contribution in [1.29, 1.82) is 0 Å². The second-order valence-corrected chi connectivity index (χ2v) is 8.91. The van der Waals surface area contributed by atoms with Gasteiger partial charge in [-0.05, 0) is 47.5 Å². The highest BCUT2D eigenvalue weighted by Gasteiger charge is 2.25. The van der Waals surface area contributed by atoms with Crippen molar-refractivity contribution in [3.05, 3.63) is 101 Å². The fraction of sp³-hybridized carbons (Fsp3) is 0.154. The Bertz CT molecular complexity index is 1360. The zero-order valence-corrected chi connectivity index (χ0v) is 18.5. The molecule has 5 rings (SSSR count). The number of hydrogen-bond donors (Lipinski definition) is 1. The van der Waals surface area contributed by atoms with Gasteiger partial charge in [-0.25, -0.2) is 13.8 Å². The molecule has 0 spiro atoms. The van der Waals surface area contributed by atoms with E-state index < -0.39 is 11.6 Å². The predicted octanol–water partition coefficient (Wildman–Crippen LogP) is 5.75. The van der Waals surface area contributed by atoms with Gasteiger partial charge in [0.25, 0.3) is 0 Å². The number of fused-ring (bicyclic) bond motifs is 3. The van der Waals surface area contributed by atoms with E-state index in [1.54, 1.807) is 30.1 Å². The first-order valence-electron chi connectivity index (χ1n) is 10.6. The van der Waals surface area contributed by atoms with E-state index in [1.807, 2.05) is 30.4 Å². The summed E-state index contributed by atoms with van der Waals surface area (Å²) in [5.74, 6) is -0.131. The summed E-state index contributed by atoms with van der Waals surface area (Å²) in [6.07, 6.45) is 5.60. The van der Waals surface area contributed by atoms with Crippen molar-refractivity contribution >= 4 is 34.8 Å². The predicted molar refractivity (Wildman–Crippen MR) is 129 cm³/mol. The van der Waals surface area contributed by atoms with Crippen LogP contribution in [-0.4, -0.2) is 22.3 Å². The van der Waals surface area contributed by atoms with E-state index >= 15 is 0 Å². The topological polar surface area (TPSA) is 61.0 Å². The summed E-state index contributed by atoms with van der Waals surface area (Å²) in [6.45, 7) is 1.01. The summed E-state index contributed by atoms with van der Waals surface area (Å²) in [5.41, 5.74) is 11.0. The molecule has 4 aromatic rings. The Morgan fingerprint density at radius 2 is 1.91 bits per heavy atom. The smallest absolute Gasteiger partial charge is 0.161 e. The van der Waals surface area contributed by atoms with Crippen molar-refractivity contribution in [2.24, 2.45) is 5.73 Å². The molecule has 0 saturated heterocycles. The molecule has 0 aliphatic carbocycles. The summed E-state index contributed by atoms with van der Waals surface area (Å²) < 4.78 is 33.1. The van der Waals surface area contributed by atoms with Crippen molar-refractivity contribution < 1.29 is 13.5 Å². The molecular weight excluding hydrogens is 440 g/mol. The van der Waals surface area contributed by atoms with Crippen LogP contribution in [0.2, 0.25) is 0 Å². The molecule has 2 N–H and O–H groups in total. The van der Waals surface area contributed by atoms with Crippen LogP contribution in [0.4, 0.5) is 8.78 Å². The third-order valence-electron chi connectivity index (χ3n) is 5.49. The molecule has 2 aromatic carbocycles. The zero-order chi connectivity index (χ0) is 22.8. The normalized spacial score (nSPS) is 15.2. The first kappa shape index (κ1) is 21.6. The van der Waals surface area contributed by atoms with E-state index in [2.05, 4.69) is 22.1 Å². The van der Waals surface area contributed by atoms with E-state index in [4.69, 9.17) is 10.5 Å². The molecule has 1 atom stereocenters. The highest BCUT2D eigenvalue weighted by Crippen LogP contribution is 2.44. The van der Waals surface area contributed by atoms with Crippen LogP contribution >= 0.6 is 11.8 Å². The van der Waals surface area contributed by atoms with Crippen molar-refractivity contribution in [3.8, 4) is 5.75 Å². The minimum atomic E-state index is -0.905. The molecule has 0 saturated carbocycles. The summed E-state index contributed by atoms with van der Waals surface area (Å²) in [7, 11) is 0. The molecule has 7 heteroatoms. The lowest BCUT2D eigenvalue weighted by molar-refractivity contribution is 0.302. The van der Waals surface area contributed by atoms with Crippen molar-refractivity contribution in [2.45, 2.75) is 11.9 Å². The second-order valence-electron chi connectivity index (χ2n) is 7.69. The molecular formula is C26H21F2N3OS. The minimum absolute atomic E-state index is 0.0692. The fourth-order valence-electron chi connectivity index (χ4n) is 3.90. The number of pyridine rings is 2. The number of thioether (sulfide) groups is 1. The number of halogens is 2. The SMILES string of the molecule is NCCSC1c2cc(/C=C/c3ccc4cc(F)c(F)cc4n3)ccc2OCc2ncccc21. The Morgan fingerprint density at radius 1 is 1.03 bits per heavy atom. The van der Waals surface area contributed by atoms with Crippen molar-refractivity contribution in [3.63, 3.8) is 0 Å². The monoisotopic (exact) mass is 461 g/mol. The molecule has 0 radical (unpaired) electrons. The van der Waals surface area contributed by atoms with Gasteiger partial charge in [-0.1, -0.05) is 24.3 Å². The van der Waals surface area contributed by atoms with Gasteiger partial charge in [0.2, 0.25) is 0 Å². The molecule has 33 heavy (non-hydrogen) atoms. The molecule has 0 amide bonds. The van der Waals surface area contributed by atoms with Crippen LogP contribution in [0.1, 0.15) is 33.3 Å². The lowest BCUT2D eigenvalue weighted by Crippen LogP contribution is -2.06. The van der Waals surface area contributed by atoms with Crippen LogP contribution < -0.4 is 10.5 Å². The number of benzene rings is 2. The van der Waals surface area contributed by atoms with Gasteiger partial charge in [0, 0.05) is 35.5 Å². The van der Waals surface area contributed by atoms with Crippen LogP contribution in [0.5, 0.6) is 5.75 Å². The van der Waals surface area contributed by atoms with E-state index in [0.29, 0.717) is 29.7 Å². The van der Waals surface area contributed by atoms with Gasteiger partial charge in [-0.2, -0.15) is 0 Å². The van der Waals surface area contributed by atoms with E-state index in [0.717, 1.165) is 46.0 Å². The first-order valence-corrected chi connectivity index (χ1v) is 11.6. The summed E-state index contributed by atoms with van der Waals surface area (Å²) >= 11 is 1.78. The molecule has 1 aliphatic heterocycles. The number of ether oxygens (including phenoxy) is 1. The molecule has 1 aliphatic rings. The lowest BCUT2D eigenvalue weighted by atomic mass is 10.0. The summed E-state index contributed by atoms with van der Waals surface area (Å²) in [6, 6.07) is 15.9. The number of aromatic nitrogens is 2. The molecule has 0 fully saturated rings. The standard InChI is InChI=1S/C26H21F2N3OS/c27-21-13-17-5-7-18(31-23(17)14-22(21)28)6-3-16-4-8-25-20(12-16)26(33-11-9-29)19-2-1-10-30-24(19)15-32-25/h1-8,10,12-14,26H,9,11,15,29H2/b6-3+. The van der Waals surface area contributed by atoms with E-state index in [9.17, 15) is 8.78 Å². The molecule has 4 nitrogen and oxygen atoms in total. The van der Waals surface area contributed by atoms with Crippen LogP contribution in [0.3, 0.4) is 0 Å². The largest absolute Gasteiger partial charge is 0.487 e. The van der Waals surface area contributed by atoms with Gasteiger partial charge < -0.3 is 10.5 Å². The van der Waals surface area contributed by atoms with Gasteiger partial charge in [0.1, 0.15) is 12.4 Å². The van der Waals surface area contributed by atoms with Gasteiger partial charge in [0.15, 0.2) is 11.6 Å². The molecule has 0 bridgehead atoms. The Balaban J connectivity index is 1.49. The Morgan fingerprint density at radius 3 is 2.79 bits per heavy atom. The molecule has 166 valence electrons. The van der Waals surface area contributed by atoms with Gasteiger partial charge >= 0.3 is 0 Å². The highest BCUT2D eigenvalue weighted by molar-refractivity contribution is 7.99. The average molecular weight is 462 g/mol. The van der Waals surface area contributed by atoms with E-state index in [-0.39, 0.29) is 5.25 Å². The highest BCUT2D eigenvalue weighted by atomic mass is 32.2. The summed E-state index contributed by atoms with van der Waals surface area (Å²) in [4.78, 5) is 8.95. The van der Waals surface area contributed by atoms with E-state index in [1.165, 1.54) is 0 Å². The number of nitrogens with zero attached hydrogens (tertiary/aromatic N) is 2. The quantitative estimate of drug-likeness (QED) is 0.410. The zero-order valence-electron chi connectivity index (χ0n) is 17.7. The van der Waals surface area contributed by atoms with Gasteiger partial charge in [-0.15, -0.1) is 11.8 Å². The summed E-state index contributed by atoms with van der Waals surface area (Å²) in [5, 5.41) is 0.625. The maximum absolute atomic E-state index is 13.6. The lowest BCUT2D eigenvalue weighted by Gasteiger charge is -2.18. The maximum atomic E-state index is 13.6. The van der Waals surface area contributed by atoms with Gasteiger partial charge in [0.05, 0.1) is 22.2 Å². The van der Waals surface area contributed by atoms with Crippen molar-refractivity contribution in [1.82, 2.24) is 9.97 Å². The maximum Gasteiger partial charge on any atom is 0.161 e. The van der Waals surface area contributed by atoms with Crippen LogP contribution in [0.15, 0.2) is 60.8 Å². The Kier molecular flexibility index (Phi) is 6.07. The average Bonchev–Trinajstić information content (AvgIpc) is 2.98. The fourth-order valence-corrected chi connectivity index (χ4v) is 5.03. The number of hydrogen-bond acceptors (Lipinski definition) is 5. The Hall–Kier alpha value is -3.29. The third-order valence-corrected chi connectivity index (χ3v) is 6.80. The molecule has 1 unspecified atom stereocenters. The Labute approximate surface area is 194 Å². The van der Waals surface area contributed by atoms with Gasteiger partial charge in [-0.3, -0.25) is 4.98 Å². The first-order chi connectivity index (χ1) is 16.1. The van der Waals surface area contributed by atoms with Crippen LogP contribution in [0, 0.1) is 11.6 Å². The molecule has 2 aromatic heterocycles. The van der Waals surface area contributed by atoms with Crippen molar-refractivity contribution in [2.75, 3.05) is 12.3 Å². The number of rotatable bonds is 5. The van der Waals surface area contributed by atoms with Crippen LogP contribution in [0.25, 0.3) is 23.1 Å². The van der Waals surface area contributed by atoms with Crippen LogP contribution in [-0.2, 0) is 6.61 Å². The second kappa shape index (κ2) is 9.29.